The Hall–Kier alpha value is -2.96. The molecular formula is C14H12N6O. The minimum atomic E-state index is 0.438. The SMILES string of the molecule is Cn1cnc(-c2noc(Cn3ncc4ccccc43)n2)c1. The van der Waals surface area contributed by atoms with Crippen molar-refractivity contribution in [3.8, 4) is 11.5 Å². The molecule has 0 bridgehead atoms. The van der Waals surface area contributed by atoms with E-state index in [2.05, 4.69) is 20.2 Å². The van der Waals surface area contributed by atoms with Gasteiger partial charge >= 0.3 is 0 Å². The third-order valence-corrected chi connectivity index (χ3v) is 3.24. The highest BCUT2D eigenvalue weighted by molar-refractivity contribution is 5.78. The van der Waals surface area contributed by atoms with E-state index in [1.54, 1.807) is 6.33 Å². The third-order valence-electron chi connectivity index (χ3n) is 3.24. The van der Waals surface area contributed by atoms with Gasteiger partial charge in [-0.3, -0.25) is 4.68 Å². The summed E-state index contributed by atoms with van der Waals surface area (Å²) >= 11 is 0. The predicted molar refractivity (Wildman–Crippen MR) is 75.3 cm³/mol. The van der Waals surface area contributed by atoms with E-state index in [1.807, 2.05) is 53.0 Å². The van der Waals surface area contributed by atoms with Crippen molar-refractivity contribution < 1.29 is 4.52 Å². The number of hydrogen-bond donors (Lipinski definition) is 0. The molecule has 0 fully saturated rings. The first-order valence-electron chi connectivity index (χ1n) is 6.51. The number of fused-ring (bicyclic) bond motifs is 1. The van der Waals surface area contributed by atoms with Gasteiger partial charge in [0.05, 0.1) is 18.0 Å². The van der Waals surface area contributed by atoms with Crippen LogP contribution in [0.4, 0.5) is 0 Å². The van der Waals surface area contributed by atoms with Crippen molar-refractivity contribution in [3.05, 3.63) is 48.9 Å². The van der Waals surface area contributed by atoms with Crippen molar-refractivity contribution in [1.82, 2.24) is 29.5 Å². The van der Waals surface area contributed by atoms with Crippen LogP contribution in [0.25, 0.3) is 22.4 Å². The maximum absolute atomic E-state index is 5.28. The lowest BCUT2D eigenvalue weighted by Gasteiger charge is -1.98. The van der Waals surface area contributed by atoms with Gasteiger partial charge in [-0.2, -0.15) is 10.1 Å². The summed E-state index contributed by atoms with van der Waals surface area (Å²) in [6.45, 7) is 0.438. The standard InChI is InChI=1S/C14H12N6O/c1-19-7-11(15-9-19)14-17-13(21-18-14)8-20-12-5-3-2-4-10(12)6-16-20/h2-7,9H,8H2,1H3. The summed E-state index contributed by atoms with van der Waals surface area (Å²) < 4.78 is 8.96. The molecular weight excluding hydrogens is 268 g/mol. The Morgan fingerprint density at radius 3 is 3.00 bits per heavy atom. The Kier molecular flexibility index (Phi) is 2.56. The van der Waals surface area contributed by atoms with Gasteiger partial charge in [0, 0.05) is 18.6 Å². The van der Waals surface area contributed by atoms with E-state index in [4.69, 9.17) is 4.52 Å². The normalized spacial score (nSPS) is 11.3. The third kappa shape index (κ3) is 2.08. The Labute approximate surface area is 119 Å². The lowest BCUT2D eigenvalue weighted by Crippen LogP contribution is -2.01. The second-order valence-electron chi connectivity index (χ2n) is 4.80. The second kappa shape index (κ2) is 4.55. The molecule has 3 heterocycles. The topological polar surface area (TPSA) is 74.6 Å². The zero-order chi connectivity index (χ0) is 14.2. The molecule has 1 aromatic carbocycles. The zero-order valence-electron chi connectivity index (χ0n) is 11.3. The monoisotopic (exact) mass is 280 g/mol. The van der Waals surface area contributed by atoms with Crippen LogP contribution in [0.5, 0.6) is 0 Å². The van der Waals surface area contributed by atoms with E-state index in [1.165, 1.54) is 0 Å². The van der Waals surface area contributed by atoms with Gasteiger partial charge in [-0.05, 0) is 6.07 Å². The van der Waals surface area contributed by atoms with Crippen molar-refractivity contribution >= 4 is 10.9 Å². The van der Waals surface area contributed by atoms with Crippen LogP contribution in [-0.2, 0) is 13.6 Å². The lowest BCUT2D eigenvalue weighted by molar-refractivity contribution is 0.368. The van der Waals surface area contributed by atoms with Crippen LogP contribution in [0.3, 0.4) is 0 Å². The highest BCUT2D eigenvalue weighted by Crippen LogP contribution is 2.16. The Morgan fingerprint density at radius 2 is 2.14 bits per heavy atom. The molecule has 0 aliphatic heterocycles. The molecule has 3 aromatic heterocycles. The quantitative estimate of drug-likeness (QED) is 0.572. The molecule has 0 unspecified atom stereocenters. The van der Waals surface area contributed by atoms with Crippen LogP contribution in [0.1, 0.15) is 5.89 Å². The van der Waals surface area contributed by atoms with Gasteiger partial charge in [0.25, 0.3) is 0 Å². The summed E-state index contributed by atoms with van der Waals surface area (Å²) in [7, 11) is 1.90. The molecule has 0 radical (unpaired) electrons. The highest BCUT2D eigenvalue weighted by atomic mass is 16.5. The van der Waals surface area contributed by atoms with Crippen LogP contribution >= 0.6 is 0 Å². The number of rotatable bonds is 3. The maximum Gasteiger partial charge on any atom is 0.248 e. The first-order valence-corrected chi connectivity index (χ1v) is 6.51. The molecule has 7 nitrogen and oxygen atoms in total. The Bertz CT molecular complexity index is 903. The van der Waals surface area contributed by atoms with Crippen molar-refractivity contribution in [2.24, 2.45) is 7.05 Å². The maximum atomic E-state index is 5.28. The first-order chi connectivity index (χ1) is 10.3. The van der Waals surface area contributed by atoms with Crippen molar-refractivity contribution in [2.45, 2.75) is 6.54 Å². The number of nitrogens with zero attached hydrogens (tertiary/aromatic N) is 6. The van der Waals surface area contributed by atoms with Crippen molar-refractivity contribution in [1.29, 1.82) is 0 Å². The number of hydrogen-bond acceptors (Lipinski definition) is 5. The fourth-order valence-corrected chi connectivity index (χ4v) is 2.23. The summed E-state index contributed by atoms with van der Waals surface area (Å²) in [5.41, 5.74) is 1.73. The van der Waals surface area contributed by atoms with Crippen LogP contribution in [0, 0.1) is 0 Å². The van der Waals surface area contributed by atoms with Crippen LogP contribution < -0.4 is 0 Å². The minimum absolute atomic E-state index is 0.438. The molecule has 4 rings (SSSR count). The average molecular weight is 280 g/mol. The zero-order valence-corrected chi connectivity index (χ0v) is 11.3. The van der Waals surface area contributed by atoms with Crippen molar-refractivity contribution in [2.75, 3.05) is 0 Å². The molecule has 0 aliphatic carbocycles. The van der Waals surface area contributed by atoms with E-state index in [0.717, 1.165) is 10.9 Å². The number of aryl methyl sites for hydroxylation is 1. The van der Waals surface area contributed by atoms with Crippen LogP contribution in [-0.4, -0.2) is 29.5 Å². The van der Waals surface area contributed by atoms with Gasteiger partial charge in [-0.25, -0.2) is 4.98 Å². The van der Waals surface area contributed by atoms with Gasteiger partial charge in [0.1, 0.15) is 12.2 Å². The first kappa shape index (κ1) is 11.8. The smallest absolute Gasteiger partial charge is 0.248 e. The van der Waals surface area contributed by atoms with Gasteiger partial charge in [0.15, 0.2) is 0 Å². The number of benzene rings is 1. The van der Waals surface area contributed by atoms with E-state index < -0.39 is 0 Å². The molecule has 0 N–H and O–H groups in total. The molecule has 0 aliphatic rings. The van der Waals surface area contributed by atoms with Gasteiger partial charge in [-0.15, -0.1) is 0 Å². The molecule has 0 amide bonds. The molecule has 0 saturated carbocycles. The number of aromatic nitrogens is 6. The Balaban J connectivity index is 1.64. The summed E-state index contributed by atoms with van der Waals surface area (Å²) in [4.78, 5) is 8.56. The lowest BCUT2D eigenvalue weighted by atomic mass is 10.3. The molecule has 0 spiro atoms. The molecule has 21 heavy (non-hydrogen) atoms. The minimum Gasteiger partial charge on any atom is -0.340 e. The molecule has 0 atom stereocenters. The van der Waals surface area contributed by atoms with Crippen molar-refractivity contribution in [3.63, 3.8) is 0 Å². The fourth-order valence-electron chi connectivity index (χ4n) is 2.23. The molecule has 7 heteroatoms. The van der Waals surface area contributed by atoms with Gasteiger partial charge in [0.2, 0.25) is 11.7 Å². The highest BCUT2D eigenvalue weighted by Gasteiger charge is 2.12. The summed E-state index contributed by atoms with van der Waals surface area (Å²) in [5, 5.41) is 9.39. The number of imidazole rings is 1. The number of para-hydroxylation sites is 1. The molecule has 0 saturated heterocycles. The van der Waals surface area contributed by atoms with E-state index >= 15 is 0 Å². The van der Waals surface area contributed by atoms with Crippen LogP contribution in [0.2, 0.25) is 0 Å². The fraction of sp³-hybridized carbons (Fsp3) is 0.143. The van der Waals surface area contributed by atoms with Crippen LogP contribution in [0.15, 0.2) is 47.5 Å². The van der Waals surface area contributed by atoms with E-state index in [-0.39, 0.29) is 0 Å². The summed E-state index contributed by atoms with van der Waals surface area (Å²) in [5.74, 6) is 0.992. The second-order valence-corrected chi connectivity index (χ2v) is 4.80. The summed E-state index contributed by atoms with van der Waals surface area (Å²) in [6, 6.07) is 8.00. The van der Waals surface area contributed by atoms with E-state index in [9.17, 15) is 0 Å². The summed E-state index contributed by atoms with van der Waals surface area (Å²) in [6.07, 6.45) is 5.37. The van der Waals surface area contributed by atoms with E-state index in [0.29, 0.717) is 24.0 Å². The average Bonchev–Trinajstić information content (AvgIpc) is 3.20. The van der Waals surface area contributed by atoms with Gasteiger partial charge < -0.3 is 9.09 Å². The predicted octanol–water partition coefficient (Wildman–Crippen LogP) is 1.87. The molecule has 4 aromatic rings. The molecule has 104 valence electrons. The van der Waals surface area contributed by atoms with Gasteiger partial charge in [-0.1, -0.05) is 23.4 Å². The largest absolute Gasteiger partial charge is 0.340 e. The Morgan fingerprint density at radius 1 is 1.24 bits per heavy atom.